The van der Waals surface area contributed by atoms with Gasteiger partial charge >= 0.3 is 0 Å². The maximum Gasteiger partial charge on any atom is 0.296 e. The van der Waals surface area contributed by atoms with Crippen LogP contribution in [-0.2, 0) is 10.2 Å². The fourth-order valence-corrected chi connectivity index (χ4v) is 1.43. The average molecular weight is 201 g/mol. The SMILES string of the molecule is Cc1ccc(N)cc1NS(N)(=O)=O. The first-order chi connectivity index (χ1) is 5.88. The normalized spacial score (nSPS) is 11.2. The third-order valence-electron chi connectivity index (χ3n) is 1.51. The van der Waals surface area contributed by atoms with Gasteiger partial charge in [-0.15, -0.1) is 0 Å². The van der Waals surface area contributed by atoms with Crippen LogP contribution in [0.4, 0.5) is 11.4 Å². The lowest BCUT2D eigenvalue weighted by atomic mass is 10.2. The largest absolute Gasteiger partial charge is 0.399 e. The number of hydrogen-bond acceptors (Lipinski definition) is 3. The quantitative estimate of drug-likeness (QED) is 0.596. The molecule has 0 saturated carbocycles. The van der Waals surface area contributed by atoms with Gasteiger partial charge in [-0.1, -0.05) is 6.07 Å². The summed E-state index contributed by atoms with van der Waals surface area (Å²) in [5.74, 6) is 0. The molecule has 0 saturated heterocycles. The molecule has 0 atom stereocenters. The van der Waals surface area contributed by atoms with Crippen molar-refractivity contribution in [2.45, 2.75) is 6.92 Å². The monoisotopic (exact) mass is 201 g/mol. The number of nitrogens with one attached hydrogen (secondary N) is 1. The Balaban J connectivity index is 3.08. The number of nitrogen functional groups attached to an aromatic ring is 1. The molecule has 0 aliphatic heterocycles. The van der Waals surface area contributed by atoms with Crippen LogP contribution in [0.2, 0.25) is 0 Å². The number of aryl methyl sites for hydroxylation is 1. The summed E-state index contributed by atoms with van der Waals surface area (Å²) in [6.07, 6.45) is 0. The van der Waals surface area contributed by atoms with Gasteiger partial charge in [0.05, 0.1) is 5.69 Å². The highest BCUT2D eigenvalue weighted by molar-refractivity contribution is 7.90. The Bertz CT molecular complexity index is 414. The second-order valence-corrected chi connectivity index (χ2v) is 4.02. The summed E-state index contributed by atoms with van der Waals surface area (Å²) in [5.41, 5.74) is 7.13. The Morgan fingerprint density at radius 1 is 1.38 bits per heavy atom. The first-order valence-corrected chi connectivity index (χ1v) is 5.10. The molecule has 0 spiro atoms. The van der Waals surface area contributed by atoms with Gasteiger partial charge in [0, 0.05) is 5.69 Å². The fourth-order valence-electron chi connectivity index (χ4n) is 0.903. The molecule has 1 aromatic carbocycles. The smallest absolute Gasteiger partial charge is 0.296 e. The summed E-state index contributed by atoms with van der Waals surface area (Å²) in [4.78, 5) is 0. The van der Waals surface area contributed by atoms with Gasteiger partial charge in [0.1, 0.15) is 0 Å². The summed E-state index contributed by atoms with van der Waals surface area (Å²) in [6.45, 7) is 1.76. The summed E-state index contributed by atoms with van der Waals surface area (Å²) in [5, 5.41) is 4.81. The maximum absolute atomic E-state index is 10.7. The lowest BCUT2D eigenvalue weighted by molar-refractivity contribution is 0.603. The van der Waals surface area contributed by atoms with Crippen LogP contribution in [0.3, 0.4) is 0 Å². The molecular formula is C7H11N3O2S. The van der Waals surface area contributed by atoms with Crippen molar-refractivity contribution in [2.24, 2.45) is 5.14 Å². The third-order valence-corrected chi connectivity index (χ3v) is 2.02. The topological polar surface area (TPSA) is 98.2 Å². The molecule has 0 unspecified atom stereocenters. The predicted octanol–water partition coefficient (Wildman–Crippen LogP) is 0.193. The Morgan fingerprint density at radius 2 is 2.00 bits per heavy atom. The molecule has 72 valence electrons. The van der Waals surface area contributed by atoms with Gasteiger partial charge in [0.15, 0.2) is 0 Å². The van der Waals surface area contributed by atoms with E-state index in [4.69, 9.17) is 10.9 Å². The summed E-state index contributed by atoms with van der Waals surface area (Å²) in [6, 6.07) is 4.91. The molecule has 0 bridgehead atoms. The Labute approximate surface area is 76.9 Å². The van der Waals surface area contributed by atoms with E-state index in [2.05, 4.69) is 4.72 Å². The van der Waals surface area contributed by atoms with E-state index in [0.717, 1.165) is 5.56 Å². The van der Waals surface area contributed by atoms with Crippen molar-refractivity contribution in [2.75, 3.05) is 10.5 Å². The van der Waals surface area contributed by atoms with Crippen LogP contribution in [0.15, 0.2) is 18.2 Å². The molecule has 5 nitrogen and oxygen atoms in total. The summed E-state index contributed by atoms with van der Waals surface area (Å²) in [7, 11) is -3.72. The molecule has 1 rings (SSSR count). The van der Waals surface area contributed by atoms with Crippen LogP contribution in [0.25, 0.3) is 0 Å². The molecule has 0 aromatic heterocycles. The zero-order chi connectivity index (χ0) is 10.1. The van der Waals surface area contributed by atoms with E-state index in [0.29, 0.717) is 11.4 Å². The standard InChI is InChI=1S/C7H11N3O2S/c1-5-2-3-6(8)4-7(5)10-13(9,11)12/h2-4,10H,8H2,1H3,(H2,9,11,12). The van der Waals surface area contributed by atoms with Crippen LogP contribution in [0, 0.1) is 6.92 Å². The number of benzene rings is 1. The fraction of sp³-hybridized carbons (Fsp3) is 0.143. The van der Waals surface area contributed by atoms with E-state index in [9.17, 15) is 8.42 Å². The number of nitrogens with two attached hydrogens (primary N) is 2. The predicted molar refractivity (Wildman–Crippen MR) is 52.3 cm³/mol. The van der Waals surface area contributed by atoms with Crippen LogP contribution >= 0.6 is 0 Å². The summed E-state index contributed by atoms with van der Waals surface area (Å²) >= 11 is 0. The van der Waals surface area contributed by atoms with Crippen molar-refractivity contribution < 1.29 is 8.42 Å². The van der Waals surface area contributed by atoms with Gasteiger partial charge in [0.2, 0.25) is 0 Å². The first kappa shape index (κ1) is 9.82. The molecule has 0 aliphatic carbocycles. The van der Waals surface area contributed by atoms with Crippen molar-refractivity contribution in [1.82, 2.24) is 0 Å². The molecule has 1 aromatic rings. The van der Waals surface area contributed by atoms with Crippen LogP contribution in [-0.4, -0.2) is 8.42 Å². The highest BCUT2D eigenvalue weighted by Gasteiger charge is 2.04. The van der Waals surface area contributed by atoms with Gasteiger partial charge in [0.25, 0.3) is 10.2 Å². The molecule has 0 radical (unpaired) electrons. The zero-order valence-corrected chi connectivity index (χ0v) is 7.93. The van der Waals surface area contributed by atoms with E-state index < -0.39 is 10.2 Å². The van der Waals surface area contributed by atoms with Crippen molar-refractivity contribution in [3.05, 3.63) is 23.8 Å². The highest BCUT2D eigenvalue weighted by Crippen LogP contribution is 2.18. The number of anilines is 2. The van der Waals surface area contributed by atoms with Gasteiger partial charge in [-0.3, -0.25) is 4.72 Å². The molecule has 6 heteroatoms. The molecule has 0 aliphatic rings. The van der Waals surface area contributed by atoms with Gasteiger partial charge in [-0.2, -0.15) is 8.42 Å². The second kappa shape index (κ2) is 3.23. The average Bonchev–Trinajstić information content (AvgIpc) is 1.94. The minimum Gasteiger partial charge on any atom is -0.399 e. The second-order valence-electron chi connectivity index (χ2n) is 2.72. The van der Waals surface area contributed by atoms with E-state index in [1.165, 1.54) is 6.07 Å². The van der Waals surface area contributed by atoms with Crippen molar-refractivity contribution >= 4 is 21.6 Å². The highest BCUT2D eigenvalue weighted by atomic mass is 32.2. The Kier molecular flexibility index (Phi) is 2.44. The van der Waals surface area contributed by atoms with Crippen LogP contribution in [0.5, 0.6) is 0 Å². The van der Waals surface area contributed by atoms with E-state index in [1.807, 2.05) is 0 Å². The van der Waals surface area contributed by atoms with Crippen molar-refractivity contribution in [3.8, 4) is 0 Å². The van der Waals surface area contributed by atoms with Gasteiger partial charge in [-0.25, -0.2) is 5.14 Å². The van der Waals surface area contributed by atoms with Crippen LogP contribution < -0.4 is 15.6 Å². The minimum absolute atomic E-state index is 0.405. The zero-order valence-electron chi connectivity index (χ0n) is 7.11. The lowest BCUT2D eigenvalue weighted by Gasteiger charge is -2.07. The summed E-state index contributed by atoms with van der Waals surface area (Å²) < 4.78 is 23.5. The van der Waals surface area contributed by atoms with E-state index >= 15 is 0 Å². The Morgan fingerprint density at radius 3 is 2.54 bits per heavy atom. The molecule has 0 heterocycles. The molecular weight excluding hydrogens is 190 g/mol. The van der Waals surface area contributed by atoms with E-state index in [1.54, 1.807) is 19.1 Å². The molecule has 0 fully saturated rings. The van der Waals surface area contributed by atoms with E-state index in [-0.39, 0.29) is 0 Å². The molecule has 5 N–H and O–H groups in total. The van der Waals surface area contributed by atoms with Crippen molar-refractivity contribution in [3.63, 3.8) is 0 Å². The van der Waals surface area contributed by atoms with Crippen molar-refractivity contribution in [1.29, 1.82) is 0 Å². The third kappa shape index (κ3) is 2.92. The number of hydrogen-bond donors (Lipinski definition) is 3. The lowest BCUT2D eigenvalue weighted by Crippen LogP contribution is -2.22. The maximum atomic E-state index is 10.7. The first-order valence-electron chi connectivity index (χ1n) is 3.55. The molecule has 0 amide bonds. The number of rotatable bonds is 2. The van der Waals surface area contributed by atoms with Gasteiger partial charge < -0.3 is 5.73 Å². The molecule has 13 heavy (non-hydrogen) atoms. The van der Waals surface area contributed by atoms with Crippen LogP contribution in [0.1, 0.15) is 5.56 Å². The van der Waals surface area contributed by atoms with Gasteiger partial charge in [-0.05, 0) is 24.6 Å². The Hall–Kier alpha value is -1.27. The minimum atomic E-state index is -3.72.